The third-order valence-corrected chi connectivity index (χ3v) is 12.8. The molecule has 1 heterocycles. The van der Waals surface area contributed by atoms with Gasteiger partial charge in [-0.05, 0) is 97.6 Å². The summed E-state index contributed by atoms with van der Waals surface area (Å²) < 4.78 is 6.76. The number of para-hydroxylation sites is 2. The Hall–Kier alpha value is -7.42. The Balaban J connectivity index is 1.02. The fourth-order valence-corrected chi connectivity index (χ4v) is 10.5. The number of hydrogen-bond donors (Lipinski definition) is 1. The highest BCUT2D eigenvalue weighted by atomic mass is 16.5. The number of ether oxygens (including phenoxy) is 1. The van der Waals surface area contributed by atoms with Gasteiger partial charge in [-0.2, -0.15) is 0 Å². The fraction of sp³-hybridized carbons (Fsp3) is 0.0357. The normalized spacial score (nSPS) is 14.3. The Morgan fingerprint density at radius 1 is 0.310 bits per heavy atom. The molecule has 0 amide bonds. The van der Waals surface area contributed by atoms with Crippen LogP contribution in [0, 0.1) is 0 Å². The molecule has 1 N–H and O–H groups in total. The van der Waals surface area contributed by atoms with E-state index in [1.54, 1.807) is 0 Å². The van der Waals surface area contributed by atoms with Gasteiger partial charge in [0.2, 0.25) is 0 Å². The van der Waals surface area contributed by atoms with Crippen molar-refractivity contribution in [1.82, 2.24) is 0 Å². The molecular weight excluding hydrogens is 703 g/mol. The standard InChI is InChI=1S/C56H37NO/c1-3-17-38(18-4-1)55(39-19-5-2-6-20-39)46-25-11-7-24-44(46)45-33-32-40(36-50(45)55)57-52-29-15-10-21-41(52)37-31-34-54-51(35-37)56(49-28-14-16-30-53(49)58-54)47-26-12-8-22-42(47)43-23-9-13-27-48(43)56/h1-36,57H. The summed E-state index contributed by atoms with van der Waals surface area (Å²) in [6.45, 7) is 0. The molecule has 2 heteroatoms. The largest absolute Gasteiger partial charge is 0.457 e. The first-order chi connectivity index (χ1) is 28.8. The maximum Gasteiger partial charge on any atom is 0.132 e. The molecule has 0 atom stereocenters. The van der Waals surface area contributed by atoms with Gasteiger partial charge >= 0.3 is 0 Å². The third-order valence-electron chi connectivity index (χ3n) is 12.8. The van der Waals surface area contributed by atoms with Crippen LogP contribution < -0.4 is 10.1 Å². The van der Waals surface area contributed by atoms with E-state index in [1.807, 2.05) is 0 Å². The van der Waals surface area contributed by atoms with Crippen molar-refractivity contribution in [2.24, 2.45) is 0 Å². The zero-order chi connectivity index (χ0) is 38.3. The summed E-state index contributed by atoms with van der Waals surface area (Å²) >= 11 is 0. The van der Waals surface area contributed by atoms with Crippen LogP contribution in [0.1, 0.15) is 44.5 Å². The van der Waals surface area contributed by atoms with Crippen LogP contribution in [-0.2, 0) is 10.8 Å². The molecule has 0 aromatic heterocycles. The van der Waals surface area contributed by atoms with E-state index in [1.165, 1.54) is 61.2 Å². The molecule has 1 spiro atoms. The molecule has 272 valence electrons. The Bertz CT molecular complexity index is 2990. The number of hydrogen-bond acceptors (Lipinski definition) is 2. The van der Waals surface area contributed by atoms with Gasteiger partial charge in [-0.25, -0.2) is 0 Å². The van der Waals surface area contributed by atoms with Crippen LogP contribution >= 0.6 is 0 Å². The molecule has 2 aliphatic carbocycles. The molecule has 1 aliphatic heterocycles. The molecule has 58 heavy (non-hydrogen) atoms. The number of fused-ring (bicyclic) bond motifs is 12. The second-order valence-electron chi connectivity index (χ2n) is 15.6. The molecule has 0 saturated carbocycles. The zero-order valence-electron chi connectivity index (χ0n) is 31.7. The van der Waals surface area contributed by atoms with E-state index in [0.29, 0.717) is 0 Å². The summed E-state index contributed by atoms with van der Waals surface area (Å²) in [6, 6.07) is 79.6. The lowest BCUT2D eigenvalue weighted by atomic mass is 9.66. The van der Waals surface area contributed by atoms with E-state index >= 15 is 0 Å². The summed E-state index contributed by atoms with van der Waals surface area (Å²) in [5, 5.41) is 3.92. The number of benzene rings is 9. The van der Waals surface area contributed by atoms with E-state index < -0.39 is 10.8 Å². The van der Waals surface area contributed by atoms with Crippen molar-refractivity contribution < 1.29 is 4.74 Å². The van der Waals surface area contributed by atoms with E-state index in [9.17, 15) is 0 Å². The van der Waals surface area contributed by atoms with Crippen molar-refractivity contribution >= 4 is 11.4 Å². The molecule has 0 bridgehead atoms. The summed E-state index contributed by atoms with van der Waals surface area (Å²) in [4.78, 5) is 0. The van der Waals surface area contributed by atoms with Crippen LogP contribution in [0.5, 0.6) is 11.5 Å². The van der Waals surface area contributed by atoms with Crippen LogP contribution in [0.3, 0.4) is 0 Å². The molecule has 3 aliphatic rings. The van der Waals surface area contributed by atoms with Gasteiger partial charge in [0.25, 0.3) is 0 Å². The minimum Gasteiger partial charge on any atom is -0.457 e. The molecule has 0 saturated heterocycles. The zero-order valence-corrected chi connectivity index (χ0v) is 31.7. The average Bonchev–Trinajstić information content (AvgIpc) is 3.75. The molecule has 2 nitrogen and oxygen atoms in total. The highest BCUT2D eigenvalue weighted by molar-refractivity contribution is 5.92. The molecule has 9 aromatic rings. The van der Waals surface area contributed by atoms with E-state index in [4.69, 9.17) is 4.74 Å². The first-order valence-electron chi connectivity index (χ1n) is 20.1. The Morgan fingerprint density at radius 3 is 1.43 bits per heavy atom. The predicted octanol–water partition coefficient (Wildman–Crippen LogP) is 13.9. The van der Waals surface area contributed by atoms with Gasteiger partial charge in [0.05, 0.1) is 10.8 Å². The Kier molecular flexibility index (Phi) is 7.09. The maximum atomic E-state index is 6.76. The van der Waals surface area contributed by atoms with Crippen molar-refractivity contribution in [1.29, 1.82) is 0 Å². The monoisotopic (exact) mass is 739 g/mol. The van der Waals surface area contributed by atoms with E-state index in [-0.39, 0.29) is 0 Å². The lowest BCUT2D eigenvalue weighted by molar-refractivity contribution is 0.436. The molecule has 9 aromatic carbocycles. The molecular formula is C56H37NO. The van der Waals surface area contributed by atoms with Crippen LogP contribution in [0.4, 0.5) is 11.4 Å². The first-order valence-corrected chi connectivity index (χ1v) is 20.1. The minimum absolute atomic E-state index is 0.470. The summed E-state index contributed by atoms with van der Waals surface area (Å²) in [5.74, 6) is 1.79. The highest BCUT2D eigenvalue weighted by Gasteiger charge is 2.51. The second kappa shape index (κ2) is 12.5. The smallest absolute Gasteiger partial charge is 0.132 e. The van der Waals surface area contributed by atoms with Crippen LogP contribution in [0.25, 0.3) is 33.4 Å². The van der Waals surface area contributed by atoms with Crippen molar-refractivity contribution in [2.75, 3.05) is 5.32 Å². The van der Waals surface area contributed by atoms with Gasteiger partial charge < -0.3 is 10.1 Å². The molecule has 0 fully saturated rings. The van der Waals surface area contributed by atoms with E-state index in [0.717, 1.165) is 39.6 Å². The quantitative estimate of drug-likeness (QED) is 0.190. The lowest BCUT2D eigenvalue weighted by Gasteiger charge is -2.39. The van der Waals surface area contributed by atoms with Gasteiger partial charge in [0, 0.05) is 28.1 Å². The van der Waals surface area contributed by atoms with Gasteiger partial charge in [-0.1, -0.05) is 182 Å². The number of nitrogens with one attached hydrogen (secondary N) is 1. The predicted molar refractivity (Wildman–Crippen MR) is 236 cm³/mol. The van der Waals surface area contributed by atoms with Crippen LogP contribution in [0.2, 0.25) is 0 Å². The lowest BCUT2D eigenvalue weighted by Crippen LogP contribution is -2.32. The van der Waals surface area contributed by atoms with Crippen molar-refractivity contribution in [2.45, 2.75) is 10.8 Å². The van der Waals surface area contributed by atoms with Gasteiger partial charge in [0.1, 0.15) is 11.5 Å². The third kappa shape index (κ3) is 4.43. The molecule has 12 rings (SSSR count). The number of anilines is 2. The van der Waals surface area contributed by atoms with Crippen LogP contribution in [-0.4, -0.2) is 0 Å². The van der Waals surface area contributed by atoms with Gasteiger partial charge in [-0.15, -0.1) is 0 Å². The van der Waals surface area contributed by atoms with E-state index in [2.05, 4.69) is 224 Å². The maximum absolute atomic E-state index is 6.76. The van der Waals surface area contributed by atoms with Gasteiger partial charge in [0.15, 0.2) is 0 Å². The Labute approximate surface area is 338 Å². The number of rotatable bonds is 5. The SMILES string of the molecule is c1ccc(C2(c3ccccc3)c3ccccc3-c3ccc(Nc4ccccc4-c4ccc5c(c4)C4(c6ccccc6O5)c5ccccc5-c5ccccc54)cc32)cc1. The highest BCUT2D eigenvalue weighted by Crippen LogP contribution is 2.62. The molecule has 0 radical (unpaired) electrons. The summed E-state index contributed by atoms with van der Waals surface area (Å²) in [5.41, 5.74) is 18.4. The van der Waals surface area contributed by atoms with Crippen molar-refractivity contribution in [3.05, 3.63) is 263 Å². The summed E-state index contributed by atoms with van der Waals surface area (Å²) in [7, 11) is 0. The second-order valence-corrected chi connectivity index (χ2v) is 15.6. The minimum atomic E-state index is -0.525. The van der Waals surface area contributed by atoms with Crippen molar-refractivity contribution in [3.8, 4) is 44.9 Å². The van der Waals surface area contributed by atoms with Gasteiger partial charge in [-0.3, -0.25) is 0 Å². The first kappa shape index (κ1) is 32.8. The average molecular weight is 740 g/mol. The molecule has 0 unspecified atom stereocenters. The topological polar surface area (TPSA) is 21.3 Å². The summed E-state index contributed by atoms with van der Waals surface area (Å²) in [6.07, 6.45) is 0. The Morgan fingerprint density at radius 2 is 0.793 bits per heavy atom. The van der Waals surface area contributed by atoms with Crippen molar-refractivity contribution in [3.63, 3.8) is 0 Å². The van der Waals surface area contributed by atoms with Crippen LogP contribution in [0.15, 0.2) is 218 Å². The fourth-order valence-electron chi connectivity index (χ4n) is 10.5.